The highest BCUT2D eigenvalue weighted by Crippen LogP contribution is 2.18. The van der Waals surface area contributed by atoms with Crippen LogP contribution in [0.15, 0.2) is 30.9 Å². The number of hydrogen-bond donors (Lipinski definition) is 1. The Morgan fingerprint density at radius 3 is 2.88 bits per heavy atom. The Hall–Kier alpha value is -2.24. The average molecular weight is 224 g/mol. The highest BCUT2D eigenvalue weighted by Gasteiger charge is 2.16. The lowest BCUT2D eigenvalue weighted by Gasteiger charge is -2.02. The molecule has 0 fully saturated rings. The Kier molecular flexibility index (Phi) is 3.71. The predicted molar refractivity (Wildman–Crippen MR) is 55.6 cm³/mol. The van der Waals surface area contributed by atoms with E-state index in [1.807, 2.05) is 0 Å². The van der Waals surface area contributed by atoms with E-state index in [-0.39, 0.29) is 12.1 Å². The van der Waals surface area contributed by atoms with Crippen LogP contribution in [0.2, 0.25) is 0 Å². The lowest BCUT2D eigenvalue weighted by molar-refractivity contribution is -0.387. The van der Waals surface area contributed by atoms with Gasteiger partial charge in [0.25, 0.3) is 5.91 Å². The number of amides is 1. The second kappa shape index (κ2) is 5.01. The molecule has 0 atom stereocenters. The third kappa shape index (κ3) is 2.63. The van der Waals surface area contributed by atoms with Crippen LogP contribution in [0.25, 0.3) is 0 Å². The third-order valence-corrected chi connectivity index (χ3v) is 1.81. The molecular weight excluding hydrogens is 215 g/mol. The van der Waals surface area contributed by atoms with Crippen molar-refractivity contribution in [3.8, 4) is 0 Å². The Bertz CT molecular complexity index is 446. The number of hydrogen-bond acceptors (Lipinski definition) is 3. The number of carbonyl (C=O) groups is 1. The Morgan fingerprint density at radius 2 is 2.31 bits per heavy atom. The monoisotopic (exact) mass is 224 g/mol. The Morgan fingerprint density at radius 1 is 1.62 bits per heavy atom. The van der Waals surface area contributed by atoms with Gasteiger partial charge >= 0.3 is 5.69 Å². The van der Waals surface area contributed by atoms with Crippen molar-refractivity contribution in [3.63, 3.8) is 0 Å². The van der Waals surface area contributed by atoms with Crippen molar-refractivity contribution in [1.29, 1.82) is 0 Å². The largest absolute Gasteiger partial charge is 0.349 e. The Balaban J connectivity index is 2.98. The number of nitrogens with zero attached hydrogens (tertiary/aromatic N) is 1. The summed E-state index contributed by atoms with van der Waals surface area (Å²) < 4.78 is 12.9. The molecule has 0 heterocycles. The molecule has 1 aromatic rings. The van der Waals surface area contributed by atoms with Gasteiger partial charge in [0, 0.05) is 18.2 Å². The van der Waals surface area contributed by atoms with Crippen LogP contribution in [0.5, 0.6) is 0 Å². The smallest absolute Gasteiger partial charge is 0.305 e. The van der Waals surface area contributed by atoms with Gasteiger partial charge in [0.1, 0.15) is 0 Å². The van der Waals surface area contributed by atoms with Gasteiger partial charge in [-0.15, -0.1) is 6.58 Å². The lowest BCUT2D eigenvalue weighted by Crippen LogP contribution is -2.23. The van der Waals surface area contributed by atoms with Crippen LogP contribution >= 0.6 is 0 Å². The van der Waals surface area contributed by atoms with Gasteiger partial charge in [0.05, 0.1) is 4.92 Å². The molecule has 0 saturated heterocycles. The second-order valence-corrected chi connectivity index (χ2v) is 2.92. The maximum atomic E-state index is 12.9. The van der Waals surface area contributed by atoms with Gasteiger partial charge in [-0.3, -0.25) is 14.9 Å². The van der Waals surface area contributed by atoms with Crippen LogP contribution in [-0.2, 0) is 0 Å². The minimum absolute atomic E-state index is 0.0370. The molecule has 0 radical (unpaired) electrons. The SMILES string of the molecule is C=CCNC(=O)c1ccc(F)c([N+](=O)[O-])c1. The normalized spacial score (nSPS) is 9.56. The van der Waals surface area contributed by atoms with Gasteiger partial charge in [-0.25, -0.2) is 0 Å². The molecule has 5 nitrogen and oxygen atoms in total. The molecule has 1 aromatic carbocycles. The molecule has 1 amide bonds. The van der Waals surface area contributed by atoms with Crippen molar-refractivity contribution in [3.05, 3.63) is 52.3 Å². The summed E-state index contributed by atoms with van der Waals surface area (Å²) in [6.07, 6.45) is 1.47. The van der Waals surface area contributed by atoms with Gasteiger partial charge in [0.15, 0.2) is 0 Å². The first-order valence-electron chi connectivity index (χ1n) is 4.39. The quantitative estimate of drug-likeness (QED) is 0.480. The molecule has 0 aliphatic rings. The summed E-state index contributed by atoms with van der Waals surface area (Å²) in [6.45, 7) is 3.64. The van der Waals surface area contributed by atoms with Gasteiger partial charge in [-0.1, -0.05) is 6.08 Å². The summed E-state index contributed by atoms with van der Waals surface area (Å²) in [6, 6.07) is 2.97. The van der Waals surface area contributed by atoms with E-state index in [0.29, 0.717) is 0 Å². The van der Waals surface area contributed by atoms with Crippen molar-refractivity contribution in [1.82, 2.24) is 5.32 Å². The minimum Gasteiger partial charge on any atom is -0.349 e. The van der Waals surface area contributed by atoms with E-state index >= 15 is 0 Å². The van der Waals surface area contributed by atoms with Gasteiger partial charge in [-0.2, -0.15) is 4.39 Å². The van der Waals surface area contributed by atoms with Crippen molar-refractivity contribution >= 4 is 11.6 Å². The average Bonchev–Trinajstić information content (AvgIpc) is 2.26. The molecule has 0 aliphatic heterocycles. The maximum Gasteiger partial charge on any atom is 0.305 e. The van der Waals surface area contributed by atoms with E-state index in [1.165, 1.54) is 12.1 Å². The fourth-order valence-corrected chi connectivity index (χ4v) is 1.06. The molecule has 0 aliphatic carbocycles. The van der Waals surface area contributed by atoms with E-state index in [9.17, 15) is 19.3 Å². The van der Waals surface area contributed by atoms with Crippen LogP contribution in [-0.4, -0.2) is 17.4 Å². The molecule has 0 spiro atoms. The molecule has 0 saturated carbocycles. The van der Waals surface area contributed by atoms with Crippen LogP contribution in [0.3, 0.4) is 0 Å². The first-order chi connectivity index (χ1) is 7.56. The van der Waals surface area contributed by atoms with Crippen LogP contribution in [0.4, 0.5) is 10.1 Å². The molecule has 6 heteroatoms. The molecule has 0 aromatic heterocycles. The molecule has 0 unspecified atom stereocenters. The van der Waals surface area contributed by atoms with Crippen molar-refractivity contribution in [2.45, 2.75) is 0 Å². The van der Waals surface area contributed by atoms with Crippen molar-refractivity contribution < 1.29 is 14.1 Å². The summed E-state index contributed by atoms with van der Waals surface area (Å²) in [5, 5.41) is 12.9. The molecule has 16 heavy (non-hydrogen) atoms. The van der Waals surface area contributed by atoms with Crippen LogP contribution < -0.4 is 5.32 Å². The van der Waals surface area contributed by atoms with E-state index in [1.54, 1.807) is 0 Å². The fourth-order valence-electron chi connectivity index (χ4n) is 1.06. The zero-order valence-corrected chi connectivity index (χ0v) is 8.27. The fraction of sp³-hybridized carbons (Fsp3) is 0.100. The molecule has 0 bridgehead atoms. The second-order valence-electron chi connectivity index (χ2n) is 2.92. The maximum absolute atomic E-state index is 12.9. The van der Waals surface area contributed by atoms with Crippen molar-refractivity contribution in [2.24, 2.45) is 0 Å². The van der Waals surface area contributed by atoms with Crippen LogP contribution in [0, 0.1) is 15.9 Å². The first-order valence-corrected chi connectivity index (χ1v) is 4.39. The Labute approximate surface area is 90.7 Å². The number of benzene rings is 1. The predicted octanol–water partition coefficient (Wildman–Crippen LogP) is 1.65. The van der Waals surface area contributed by atoms with E-state index < -0.39 is 22.3 Å². The van der Waals surface area contributed by atoms with Gasteiger partial charge in [0.2, 0.25) is 5.82 Å². The highest BCUT2D eigenvalue weighted by molar-refractivity contribution is 5.94. The van der Waals surface area contributed by atoms with Crippen LogP contribution in [0.1, 0.15) is 10.4 Å². The zero-order valence-electron chi connectivity index (χ0n) is 8.27. The van der Waals surface area contributed by atoms with Gasteiger partial charge in [-0.05, 0) is 12.1 Å². The molecule has 1 N–H and O–H groups in total. The minimum atomic E-state index is -0.967. The van der Waals surface area contributed by atoms with E-state index in [4.69, 9.17) is 0 Å². The number of rotatable bonds is 4. The molecule has 1 rings (SSSR count). The zero-order chi connectivity index (χ0) is 12.1. The molecule has 84 valence electrons. The summed E-state index contributed by atoms with van der Waals surface area (Å²) in [5.41, 5.74) is -0.679. The number of nitrogens with one attached hydrogen (secondary N) is 1. The third-order valence-electron chi connectivity index (χ3n) is 1.81. The topological polar surface area (TPSA) is 72.2 Å². The number of nitro benzene ring substituents is 1. The van der Waals surface area contributed by atoms with Crippen molar-refractivity contribution in [2.75, 3.05) is 6.54 Å². The summed E-state index contributed by atoms with van der Waals surface area (Å²) >= 11 is 0. The van der Waals surface area contributed by atoms with Gasteiger partial charge < -0.3 is 5.32 Å². The first kappa shape index (κ1) is 11.8. The number of halogens is 1. The summed E-state index contributed by atoms with van der Waals surface area (Å²) in [5.74, 6) is -1.48. The number of carbonyl (C=O) groups excluding carboxylic acids is 1. The standard InChI is InChI=1S/C10H9FN2O3/c1-2-5-12-10(14)7-3-4-8(11)9(6-7)13(15)16/h2-4,6H,1,5H2,(H,12,14). The number of nitro groups is 1. The lowest BCUT2D eigenvalue weighted by atomic mass is 10.2. The summed E-state index contributed by atoms with van der Waals surface area (Å²) in [4.78, 5) is 20.9. The highest BCUT2D eigenvalue weighted by atomic mass is 19.1. The molecular formula is C10H9FN2O3. The van der Waals surface area contributed by atoms with E-state index in [0.717, 1.165) is 12.1 Å². The summed E-state index contributed by atoms with van der Waals surface area (Å²) in [7, 11) is 0. The van der Waals surface area contributed by atoms with E-state index in [2.05, 4.69) is 11.9 Å².